The normalized spacial score (nSPS) is 20.2. The molecule has 1 aliphatic heterocycles. The first kappa shape index (κ1) is 26.4. The van der Waals surface area contributed by atoms with Gasteiger partial charge in [-0.05, 0) is 72.9 Å². The van der Waals surface area contributed by atoms with Crippen molar-refractivity contribution < 1.29 is 14.0 Å². The minimum absolute atomic E-state index is 0.00375. The predicted octanol–water partition coefficient (Wildman–Crippen LogP) is 5.14. The molecule has 1 saturated heterocycles. The molecular weight excluding hydrogens is 519 g/mol. The minimum Gasteiger partial charge on any atom is -0.355 e. The average Bonchev–Trinajstić information content (AvgIpc) is 3.71. The monoisotopic (exact) mass is 550 g/mol. The van der Waals surface area contributed by atoms with E-state index in [-0.39, 0.29) is 23.5 Å². The summed E-state index contributed by atoms with van der Waals surface area (Å²) < 4.78 is 15.1. The lowest BCUT2D eigenvalue weighted by molar-refractivity contribution is -0.124. The number of aryl methyl sites for hydroxylation is 1. The second kappa shape index (κ2) is 11.0. The van der Waals surface area contributed by atoms with Gasteiger partial charge in [0.2, 0.25) is 11.8 Å². The Bertz CT molecular complexity index is 1580. The highest BCUT2D eigenvalue weighted by Crippen LogP contribution is 2.43. The Morgan fingerprint density at radius 3 is 2.51 bits per heavy atom. The predicted molar refractivity (Wildman–Crippen MR) is 156 cm³/mol. The zero-order valence-corrected chi connectivity index (χ0v) is 22.6. The number of hydrogen-bond donors (Lipinski definition) is 3. The molecule has 4 aromatic rings. The SMILES string of the molecule is Cn1cc(C[C@@H]2C(=O)N(c3ccc(Nc4ccc(F)cc4)c(C=N)c3)[C@H](c3ccccc3)[C@H]2NC(=O)C2CC2)cn1. The molecule has 2 fully saturated rings. The number of carbonyl (C=O) groups excluding carboxylic acids is 2. The molecule has 3 N–H and O–H groups in total. The standard InChI is InChI=1S/C32H31FN6O2/c1-38-19-20(18-35-38)15-27-29(37-31(40)22-7-8-22)30(21-5-3-2-4-6-21)39(32(27)41)26-13-14-28(23(16-26)17-34)36-25-11-9-24(33)10-12-25/h2-6,9-14,16-19,22,27,29-30,34,36H,7-8,15H2,1H3,(H,37,40)/t27-,29-,30+/m0/s1. The zero-order valence-electron chi connectivity index (χ0n) is 22.6. The van der Waals surface area contributed by atoms with Gasteiger partial charge in [-0.25, -0.2) is 4.39 Å². The zero-order chi connectivity index (χ0) is 28.5. The summed E-state index contributed by atoms with van der Waals surface area (Å²) >= 11 is 0. The Morgan fingerprint density at radius 1 is 1.10 bits per heavy atom. The van der Waals surface area contributed by atoms with Gasteiger partial charge in [0.15, 0.2) is 0 Å². The van der Waals surface area contributed by atoms with Gasteiger partial charge in [-0.15, -0.1) is 0 Å². The van der Waals surface area contributed by atoms with Crippen molar-refractivity contribution in [1.82, 2.24) is 15.1 Å². The molecule has 2 amide bonds. The molecule has 9 heteroatoms. The summed E-state index contributed by atoms with van der Waals surface area (Å²) in [4.78, 5) is 29.2. The van der Waals surface area contributed by atoms with Gasteiger partial charge in [0.05, 0.1) is 24.2 Å². The van der Waals surface area contributed by atoms with Crippen molar-refractivity contribution in [3.05, 3.63) is 108 Å². The van der Waals surface area contributed by atoms with Crippen LogP contribution in [0.15, 0.2) is 85.2 Å². The lowest BCUT2D eigenvalue weighted by Crippen LogP contribution is -2.43. The number of rotatable bonds is 9. The van der Waals surface area contributed by atoms with Crippen LogP contribution in [0.4, 0.5) is 21.5 Å². The van der Waals surface area contributed by atoms with Gasteiger partial charge in [-0.2, -0.15) is 5.10 Å². The minimum atomic E-state index is -0.507. The molecule has 3 atom stereocenters. The highest BCUT2D eigenvalue weighted by Gasteiger charge is 2.50. The van der Waals surface area contributed by atoms with Crippen molar-refractivity contribution in [3.8, 4) is 0 Å². The fourth-order valence-electron chi connectivity index (χ4n) is 5.62. The van der Waals surface area contributed by atoms with Crippen LogP contribution in [0.5, 0.6) is 0 Å². The first-order chi connectivity index (χ1) is 19.9. The first-order valence-corrected chi connectivity index (χ1v) is 13.7. The summed E-state index contributed by atoms with van der Waals surface area (Å²) in [5, 5.41) is 18.9. The second-order valence-corrected chi connectivity index (χ2v) is 10.8. The largest absolute Gasteiger partial charge is 0.355 e. The lowest BCUT2D eigenvalue weighted by atomic mass is 9.89. The lowest BCUT2D eigenvalue weighted by Gasteiger charge is -2.30. The highest BCUT2D eigenvalue weighted by molar-refractivity contribution is 6.01. The Labute approximate surface area is 237 Å². The highest BCUT2D eigenvalue weighted by atomic mass is 19.1. The van der Waals surface area contributed by atoms with E-state index in [4.69, 9.17) is 5.41 Å². The van der Waals surface area contributed by atoms with Gasteiger partial charge < -0.3 is 20.9 Å². The van der Waals surface area contributed by atoms with Gasteiger partial charge in [0, 0.05) is 48.0 Å². The van der Waals surface area contributed by atoms with Crippen LogP contribution >= 0.6 is 0 Å². The number of nitrogens with one attached hydrogen (secondary N) is 3. The number of anilines is 3. The van der Waals surface area contributed by atoms with E-state index in [1.165, 1.54) is 18.3 Å². The molecule has 208 valence electrons. The van der Waals surface area contributed by atoms with Crippen molar-refractivity contribution in [2.24, 2.45) is 18.9 Å². The van der Waals surface area contributed by atoms with Gasteiger partial charge in [-0.1, -0.05) is 30.3 Å². The molecule has 0 bridgehead atoms. The maximum absolute atomic E-state index is 14.3. The summed E-state index contributed by atoms with van der Waals surface area (Å²) in [5.41, 5.74) is 4.38. The summed E-state index contributed by atoms with van der Waals surface area (Å²) in [6, 6.07) is 20.3. The van der Waals surface area contributed by atoms with Crippen LogP contribution in [0.1, 0.15) is 35.6 Å². The van der Waals surface area contributed by atoms with Crippen LogP contribution in [0.2, 0.25) is 0 Å². The fourth-order valence-corrected chi connectivity index (χ4v) is 5.62. The molecule has 0 unspecified atom stereocenters. The molecule has 0 radical (unpaired) electrons. The summed E-state index contributed by atoms with van der Waals surface area (Å²) in [7, 11) is 1.84. The van der Waals surface area contributed by atoms with E-state index in [9.17, 15) is 14.0 Å². The molecule has 0 spiro atoms. The molecule has 41 heavy (non-hydrogen) atoms. The van der Waals surface area contributed by atoms with Crippen molar-refractivity contribution in [1.29, 1.82) is 5.41 Å². The number of amides is 2. The van der Waals surface area contributed by atoms with Crippen LogP contribution in [-0.4, -0.2) is 33.9 Å². The topological polar surface area (TPSA) is 103 Å². The van der Waals surface area contributed by atoms with E-state index in [0.29, 0.717) is 29.0 Å². The first-order valence-electron chi connectivity index (χ1n) is 13.7. The van der Waals surface area contributed by atoms with Crippen LogP contribution in [-0.2, 0) is 23.1 Å². The van der Waals surface area contributed by atoms with Crippen LogP contribution < -0.4 is 15.5 Å². The molecule has 1 aliphatic carbocycles. The molecule has 2 heterocycles. The van der Waals surface area contributed by atoms with E-state index in [1.54, 1.807) is 34.0 Å². The van der Waals surface area contributed by atoms with E-state index in [0.717, 1.165) is 24.0 Å². The molecule has 6 rings (SSSR count). The van der Waals surface area contributed by atoms with E-state index < -0.39 is 18.0 Å². The molecule has 1 saturated carbocycles. The van der Waals surface area contributed by atoms with Gasteiger partial charge >= 0.3 is 0 Å². The van der Waals surface area contributed by atoms with Crippen molar-refractivity contribution in [2.75, 3.05) is 10.2 Å². The third-order valence-corrected chi connectivity index (χ3v) is 7.81. The Balaban J connectivity index is 1.40. The van der Waals surface area contributed by atoms with E-state index in [2.05, 4.69) is 15.7 Å². The number of halogens is 1. The number of benzene rings is 3. The summed E-state index contributed by atoms with van der Waals surface area (Å²) in [5.74, 6) is -0.954. The summed E-state index contributed by atoms with van der Waals surface area (Å²) in [6.07, 6.45) is 7.05. The van der Waals surface area contributed by atoms with Crippen LogP contribution in [0.3, 0.4) is 0 Å². The maximum Gasteiger partial charge on any atom is 0.233 e. The summed E-state index contributed by atoms with van der Waals surface area (Å²) in [6.45, 7) is 0. The average molecular weight is 551 g/mol. The van der Waals surface area contributed by atoms with Crippen LogP contribution in [0, 0.1) is 23.1 Å². The Kier molecular flexibility index (Phi) is 7.09. The van der Waals surface area contributed by atoms with E-state index in [1.807, 2.05) is 55.7 Å². The second-order valence-electron chi connectivity index (χ2n) is 10.8. The Hall–Kier alpha value is -4.79. The van der Waals surface area contributed by atoms with Crippen LogP contribution in [0.25, 0.3) is 0 Å². The third-order valence-electron chi connectivity index (χ3n) is 7.81. The van der Waals surface area contributed by atoms with E-state index >= 15 is 0 Å². The smallest absolute Gasteiger partial charge is 0.233 e. The molecule has 1 aromatic heterocycles. The molecule has 8 nitrogen and oxygen atoms in total. The van der Waals surface area contributed by atoms with Gasteiger partial charge in [0.25, 0.3) is 0 Å². The molecule has 2 aliphatic rings. The van der Waals surface area contributed by atoms with Gasteiger partial charge in [-0.3, -0.25) is 14.3 Å². The van der Waals surface area contributed by atoms with Gasteiger partial charge in [0.1, 0.15) is 5.82 Å². The quantitative estimate of drug-likeness (QED) is 0.251. The van der Waals surface area contributed by atoms with Crippen molar-refractivity contribution >= 4 is 35.1 Å². The molecular formula is C32H31FN6O2. The van der Waals surface area contributed by atoms with Crippen molar-refractivity contribution in [2.45, 2.75) is 31.3 Å². The fraction of sp³-hybridized carbons (Fsp3) is 0.250. The number of nitrogens with zero attached hydrogens (tertiary/aromatic N) is 3. The number of carbonyl (C=O) groups is 2. The number of aromatic nitrogens is 2. The maximum atomic E-state index is 14.3. The number of hydrogen-bond acceptors (Lipinski definition) is 5. The Morgan fingerprint density at radius 2 is 1.85 bits per heavy atom. The third kappa shape index (κ3) is 5.48. The molecule has 3 aromatic carbocycles. The van der Waals surface area contributed by atoms with Crippen molar-refractivity contribution in [3.63, 3.8) is 0 Å².